The fourth-order valence-corrected chi connectivity index (χ4v) is 3.33. The van der Waals surface area contributed by atoms with Crippen LogP contribution in [0.5, 0.6) is 0 Å². The van der Waals surface area contributed by atoms with Gasteiger partial charge < -0.3 is 5.73 Å². The van der Waals surface area contributed by atoms with Crippen molar-refractivity contribution in [3.63, 3.8) is 0 Å². The van der Waals surface area contributed by atoms with Gasteiger partial charge in [-0.15, -0.1) is 0 Å². The Morgan fingerprint density at radius 3 is 2.53 bits per heavy atom. The van der Waals surface area contributed by atoms with Gasteiger partial charge in [-0.1, -0.05) is 48.0 Å². The molecule has 1 aromatic carbocycles. The van der Waals surface area contributed by atoms with Crippen molar-refractivity contribution in [2.24, 2.45) is 5.73 Å². The molecular formula is C16H25BrN2. The standard InChI is InChI=1S/C16H25BrN2/c1-3-11-19(12-9-10-12)16(15(18)4-2)13-7-5-6-8-14(13)17/h5-8,12,15-16H,3-4,9-11,18H2,1-2H3. The maximum absolute atomic E-state index is 6.45. The fourth-order valence-electron chi connectivity index (χ4n) is 2.81. The molecule has 0 saturated heterocycles. The molecule has 0 aromatic heterocycles. The second kappa shape index (κ2) is 6.87. The number of hydrogen-bond donors (Lipinski definition) is 1. The minimum atomic E-state index is 0.200. The summed E-state index contributed by atoms with van der Waals surface area (Å²) < 4.78 is 1.19. The number of halogens is 1. The molecule has 0 radical (unpaired) electrons. The highest BCUT2D eigenvalue weighted by molar-refractivity contribution is 9.10. The van der Waals surface area contributed by atoms with E-state index < -0.39 is 0 Å². The Morgan fingerprint density at radius 1 is 1.32 bits per heavy atom. The highest BCUT2D eigenvalue weighted by Gasteiger charge is 2.36. The van der Waals surface area contributed by atoms with Crippen molar-refractivity contribution in [1.29, 1.82) is 0 Å². The molecule has 1 aromatic rings. The van der Waals surface area contributed by atoms with E-state index in [2.05, 4.69) is 58.9 Å². The van der Waals surface area contributed by atoms with Gasteiger partial charge in [0, 0.05) is 16.6 Å². The normalized spacial score (nSPS) is 18.6. The molecule has 0 spiro atoms. The van der Waals surface area contributed by atoms with Gasteiger partial charge in [-0.3, -0.25) is 4.90 Å². The summed E-state index contributed by atoms with van der Waals surface area (Å²) in [4.78, 5) is 2.63. The summed E-state index contributed by atoms with van der Waals surface area (Å²) in [6, 6.07) is 9.82. The molecule has 106 valence electrons. The van der Waals surface area contributed by atoms with Crippen molar-refractivity contribution in [3.05, 3.63) is 34.3 Å². The topological polar surface area (TPSA) is 29.3 Å². The molecule has 2 atom stereocenters. The summed E-state index contributed by atoms with van der Waals surface area (Å²) >= 11 is 3.70. The zero-order valence-corrected chi connectivity index (χ0v) is 13.6. The maximum atomic E-state index is 6.45. The second-order valence-corrected chi connectivity index (χ2v) is 6.36. The minimum absolute atomic E-state index is 0.200. The molecule has 1 fully saturated rings. The number of hydrogen-bond acceptors (Lipinski definition) is 2. The summed E-state index contributed by atoms with van der Waals surface area (Å²) in [5.74, 6) is 0. The Labute approximate surface area is 125 Å². The first-order valence-corrected chi connectivity index (χ1v) is 8.24. The highest BCUT2D eigenvalue weighted by Crippen LogP contribution is 2.38. The Kier molecular flexibility index (Phi) is 5.43. The van der Waals surface area contributed by atoms with Gasteiger partial charge in [0.25, 0.3) is 0 Å². The fraction of sp³-hybridized carbons (Fsp3) is 0.625. The van der Waals surface area contributed by atoms with Gasteiger partial charge in [0.15, 0.2) is 0 Å². The molecule has 0 heterocycles. The van der Waals surface area contributed by atoms with E-state index in [0.29, 0.717) is 6.04 Å². The van der Waals surface area contributed by atoms with E-state index in [-0.39, 0.29) is 6.04 Å². The van der Waals surface area contributed by atoms with E-state index in [9.17, 15) is 0 Å². The van der Waals surface area contributed by atoms with Crippen molar-refractivity contribution in [2.75, 3.05) is 6.54 Å². The monoisotopic (exact) mass is 324 g/mol. The van der Waals surface area contributed by atoms with E-state index in [1.54, 1.807) is 0 Å². The molecule has 0 aliphatic heterocycles. The molecule has 1 aliphatic carbocycles. The van der Waals surface area contributed by atoms with Crippen molar-refractivity contribution < 1.29 is 0 Å². The van der Waals surface area contributed by atoms with Gasteiger partial charge in [0.05, 0.1) is 6.04 Å². The molecule has 0 amide bonds. The van der Waals surface area contributed by atoms with Crippen LogP contribution in [-0.4, -0.2) is 23.5 Å². The van der Waals surface area contributed by atoms with Crippen LogP contribution in [0.3, 0.4) is 0 Å². The van der Waals surface area contributed by atoms with Gasteiger partial charge in [-0.2, -0.15) is 0 Å². The van der Waals surface area contributed by atoms with Crippen molar-refractivity contribution in [3.8, 4) is 0 Å². The van der Waals surface area contributed by atoms with Crippen molar-refractivity contribution in [1.82, 2.24) is 4.90 Å². The largest absolute Gasteiger partial charge is 0.326 e. The second-order valence-electron chi connectivity index (χ2n) is 5.51. The summed E-state index contributed by atoms with van der Waals surface area (Å²) in [6.45, 7) is 5.58. The molecule has 2 unspecified atom stereocenters. The molecule has 0 bridgehead atoms. The number of nitrogens with two attached hydrogens (primary N) is 1. The molecule has 2 rings (SSSR count). The summed E-state index contributed by atoms with van der Waals surface area (Å²) in [5.41, 5.74) is 7.80. The predicted octanol–water partition coefficient (Wildman–Crippen LogP) is 4.10. The van der Waals surface area contributed by atoms with Crippen LogP contribution in [0.25, 0.3) is 0 Å². The summed E-state index contributed by atoms with van der Waals surface area (Å²) in [6.07, 6.45) is 4.86. The van der Waals surface area contributed by atoms with E-state index in [1.165, 1.54) is 29.3 Å². The predicted molar refractivity (Wildman–Crippen MR) is 85.2 cm³/mol. The molecule has 1 aliphatic rings. The molecule has 2 nitrogen and oxygen atoms in total. The van der Waals surface area contributed by atoms with Gasteiger partial charge in [0.2, 0.25) is 0 Å². The number of nitrogens with zero attached hydrogens (tertiary/aromatic N) is 1. The highest BCUT2D eigenvalue weighted by atomic mass is 79.9. The van der Waals surface area contributed by atoms with Gasteiger partial charge in [-0.25, -0.2) is 0 Å². The first-order chi connectivity index (χ1) is 9.19. The summed E-state index contributed by atoms with van der Waals surface area (Å²) in [7, 11) is 0. The Bertz CT molecular complexity index is 403. The van der Waals surface area contributed by atoms with Crippen LogP contribution in [0.15, 0.2) is 28.7 Å². The van der Waals surface area contributed by atoms with E-state index in [1.807, 2.05) is 0 Å². The minimum Gasteiger partial charge on any atom is -0.326 e. The van der Waals surface area contributed by atoms with E-state index in [0.717, 1.165) is 19.0 Å². The summed E-state index contributed by atoms with van der Waals surface area (Å²) in [5, 5.41) is 0. The lowest BCUT2D eigenvalue weighted by atomic mass is 9.96. The van der Waals surface area contributed by atoms with Gasteiger partial charge in [0.1, 0.15) is 0 Å². The lowest BCUT2D eigenvalue weighted by Crippen LogP contribution is -2.42. The average molecular weight is 325 g/mol. The maximum Gasteiger partial charge on any atom is 0.0513 e. The lowest BCUT2D eigenvalue weighted by molar-refractivity contribution is 0.159. The zero-order chi connectivity index (χ0) is 13.8. The van der Waals surface area contributed by atoms with Crippen LogP contribution in [0, 0.1) is 0 Å². The first kappa shape index (κ1) is 15.0. The number of benzene rings is 1. The zero-order valence-electron chi connectivity index (χ0n) is 12.0. The van der Waals surface area contributed by atoms with Gasteiger partial charge in [-0.05, 0) is 43.9 Å². The van der Waals surface area contributed by atoms with Crippen molar-refractivity contribution >= 4 is 15.9 Å². The first-order valence-electron chi connectivity index (χ1n) is 7.44. The van der Waals surface area contributed by atoms with Crippen molar-refractivity contribution in [2.45, 2.75) is 57.7 Å². The van der Waals surface area contributed by atoms with Crippen LogP contribution in [0.1, 0.15) is 51.1 Å². The van der Waals surface area contributed by atoms with Gasteiger partial charge >= 0.3 is 0 Å². The van der Waals surface area contributed by atoms with Crippen LogP contribution >= 0.6 is 15.9 Å². The number of rotatable bonds is 7. The third-order valence-corrected chi connectivity index (χ3v) is 4.68. The van der Waals surface area contributed by atoms with E-state index >= 15 is 0 Å². The Balaban J connectivity index is 2.31. The molecule has 19 heavy (non-hydrogen) atoms. The SMILES string of the molecule is CCCN(C1CC1)C(c1ccccc1Br)C(N)CC. The van der Waals surface area contributed by atoms with Crippen LogP contribution in [-0.2, 0) is 0 Å². The third kappa shape index (κ3) is 3.59. The molecular weight excluding hydrogens is 300 g/mol. The smallest absolute Gasteiger partial charge is 0.0513 e. The Hall–Kier alpha value is -0.380. The molecule has 2 N–H and O–H groups in total. The third-order valence-electron chi connectivity index (χ3n) is 3.96. The van der Waals surface area contributed by atoms with Crippen LogP contribution in [0.4, 0.5) is 0 Å². The average Bonchev–Trinajstić information content (AvgIpc) is 3.24. The Morgan fingerprint density at radius 2 is 2.00 bits per heavy atom. The quantitative estimate of drug-likeness (QED) is 0.818. The lowest BCUT2D eigenvalue weighted by Gasteiger charge is -2.36. The van der Waals surface area contributed by atoms with E-state index in [4.69, 9.17) is 5.73 Å². The van der Waals surface area contributed by atoms with Crippen LogP contribution in [0.2, 0.25) is 0 Å². The van der Waals surface area contributed by atoms with Crippen LogP contribution < -0.4 is 5.73 Å². The molecule has 1 saturated carbocycles. The molecule has 3 heteroatoms.